The maximum Gasteiger partial charge on any atom is 0.127 e. The lowest BCUT2D eigenvalue weighted by atomic mass is 10.2. The highest BCUT2D eigenvalue weighted by Crippen LogP contribution is 2.33. The fourth-order valence-corrected chi connectivity index (χ4v) is 2.35. The van der Waals surface area contributed by atoms with Crippen LogP contribution < -0.4 is 5.44 Å². The van der Waals surface area contributed by atoms with Gasteiger partial charge in [-0.05, 0) is 44.5 Å². The maximum atomic E-state index is 12.0. The number of aromatic nitrogens is 2. The molecule has 2 aromatic heterocycles. The lowest BCUT2D eigenvalue weighted by molar-refractivity contribution is 0.588. The highest BCUT2D eigenvalue weighted by Gasteiger charge is 2.13. The van der Waals surface area contributed by atoms with Crippen molar-refractivity contribution >= 4 is 12.6 Å². The van der Waals surface area contributed by atoms with Crippen LogP contribution in [0.15, 0.2) is 36.4 Å². The fraction of sp³-hybridized carbons (Fsp3) is 0.231. The van der Waals surface area contributed by atoms with E-state index in [0.717, 1.165) is 17.1 Å². The number of nitrogens with zero attached hydrogens (tertiary/aromatic N) is 2. The molecule has 0 radical (unpaired) electrons. The largest absolute Gasteiger partial charge is 0.318 e. The molecule has 0 aliphatic carbocycles. The monoisotopic (exact) mass is 246 g/mol. The van der Waals surface area contributed by atoms with Gasteiger partial charge >= 0.3 is 0 Å². The average molecular weight is 246 g/mol. The van der Waals surface area contributed by atoms with Crippen LogP contribution in [-0.4, -0.2) is 23.3 Å². The summed E-state index contributed by atoms with van der Waals surface area (Å²) in [5.41, 5.74) is 3.19. The van der Waals surface area contributed by atoms with E-state index in [1.807, 2.05) is 37.3 Å². The van der Waals surface area contributed by atoms with E-state index in [-0.39, 0.29) is 0 Å². The molecular weight excluding hydrogens is 231 g/mol. The SMILES string of the molecule is Cc1cccc(-c2cccc(P(C)(C)=O)n2)n1. The molecule has 0 aliphatic heterocycles. The summed E-state index contributed by atoms with van der Waals surface area (Å²) in [6.45, 7) is 5.39. The predicted molar refractivity (Wildman–Crippen MR) is 71.3 cm³/mol. The molecule has 0 aliphatic rings. The molecule has 2 heterocycles. The molecule has 3 nitrogen and oxygen atoms in total. The zero-order valence-corrected chi connectivity index (χ0v) is 11.1. The van der Waals surface area contributed by atoms with Gasteiger partial charge in [0.15, 0.2) is 0 Å². The van der Waals surface area contributed by atoms with Gasteiger partial charge in [0.25, 0.3) is 0 Å². The smallest absolute Gasteiger partial charge is 0.127 e. The zero-order chi connectivity index (χ0) is 12.5. The van der Waals surface area contributed by atoms with E-state index in [2.05, 4.69) is 9.97 Å². The standard InChI is InChI=1S/C13H15N2OP/c1-10-6-4-7-11(14-10)12-8-5-9-13(15-12)17(2,3)16/h4-9H,1-3H3. The Balaban J connectivity index is 2.51. The molecule has 0 aromatic carbocycles. The van der Waals surface area contributed by atoms with Gasteiger partial charge in [-0.3, -0.25) is 4.98 Å². The quantitative estimate of drug-likeness (QED) is 0.765. The second kappa shape index (κ2) is 4.42. The van der Waals surface area contributed by atoms with Crippen LogP contribution in [0, 0.1) is 6.92 Å². The van der Waals surface area contributed by atoms with Crippen LogP contribution in [-0.2, 0) is 4.57 Å². The molecule has 0 saturated carbocycles. The van der Waals surface area contributed by atoms with Crippen LogP contribution in [0.4, 0.5) is 0 Å². The molecule has 0 amide bonds. The molecule has 0 saturated heterocycles. The molecule has 0 fully saturated rings. The minimum Gasteiger partial charge on any atom is -0.318 e. The summed E-state index contributed by atoms with van der Waals surface area (Å²) >= 11 is 0. The van der Waals surface area contributed by atoms with Crippen molar-refractivity contribution in [2.24, 2.45) is 0 Å². The van der Waals surface area contributed by atoms with Gasteiger partial charge in [-0.1, -0.05) is 12.1 Å². The first-order valence-corrected chi connectivity index (χ1v) is 8.03. The zero-order valence-electron chi connectivity index (χ0n) is 10.2. The van der Waals surface area contributed by atoms with Crippen LogP contribution in [0.3, 0.4) is 0 Å². The van der Waals surface area contributed by atoms with Crippen molar-refractivity contribution in [2.45, 2.75) is 6.92 Å². The summed E-state index contributed by atoms with van der Waals surface area (Å²) in [6.07, 6.45) is 0. The first-order chi connectivity index (χ1) is 7.97. The first-order valence-electron chi connectivity index (χ1n) is 5.43. The van der Waals surface area contributed by atoms with Gasteiger partial charge < -0.3 is 4.57 Å². The van der Waals surface area contributed by atoms with Crippen LogP contribution >= 0.6 is 7.14 Å². The van der Waals surface area contributed by atoms with Crippen LogP contribution in [0.25, 0.3) is 11.4 Å². The van der Waals surface area contributed by atoms with E-state index in [1.165, 1.54) is 0 Å². The molecule has 17 heavy (non-hydrogen) atoms. The molecule has 2 aromatic rings. The van der Waals surface area contributed by atoms with Crippen molar-refractivity contribution in [2.75, 3.05) is 13.3 Å². The molecular formula is C13H15N2OP. The van der Waals surface area contributed by atoms with Gasteiger partial charge in [-0.25, -0.2) is 4.98 Å². The third-order valence-corrected chi connectivity index (χ3v) is 3.79. The van der Waals surface area contributed by atoms with E-state index < -0.39 is 7.14 Å². The van der Waals surface area contributed by atoms with Crippen molar-refractivity contribution in [3.8, 4) is 11.4 Å². The predicted octanol–water partition coefficient (Wildman–Crippen LogP) is 2.70. The Labute approximate surface area is 101 Å². The Morgan fingerprint density at radius 2 is 1.53 bits per heavy atom. The van der Waals surface area contributed by atoms with Crippen molar-refractivity contribution in [3.63, 3.8) is 0 Å². The van der Waals surface area contributed by atoms with Gasteiger partial charge in [-0.2, -0.15) is 0 Å². The van der Waals surface area contributed by atoms with E-state index in [4.69, 9.17) is 0 Å². The average Bonchev–Trinajstić information content (AvgIpc) is 2.28. The molecule has 4 heteroatoms. The minimum atomic E-state index is -2.32. The van der Waals surface area contributed by atoms with Gasteiger partial charge in [-0.15, -0.1) is 0 Å². The van der Waals surface area contributed by atoms with Gasteiger partial charge in [0.2, 0.25) is 0 Å². The number of hydrogen-bond acceptors (Lipinski definition) is 3. The minimum absolute atomic E-state index is 0.651. The fourth-order valence-electron chi connectivity index (χ4n) is 1.55. The normalized spacial score (nSPS) is 11.5. The van der Waals surface area contributed by atoms with Crippen molar-refractivity contribution in [1.82, 2.24) is 9.97 Å². The van der Waals surface area contributed by atoms with E-state index in [1.54, 1.807) is 19.4 Å². The number of aryl methyl sites for hydroxylation is 1. The van der Waals surface area contributed by atoms with Gasteiger partial charge in [0.05, 0.1) is 11.4 Å². The Morgan fingerprint density at radius 1 is 0.941 bits per heavy atom. The lowest BCUT2D eigenvalue weighted by Crippen LogP contribution is -2.08. The van der Waals surface area contributed by atoms with Crippen LogP contribution in [0.1, 0.15) is 5.69 Å². The Bertz CT molecular complexity index is 589. The number of hydrogen-bond donors (Lipinski definition) is 0. The summed E-state index contributed by atoms with van der Waals surface area (Å²) in [5.74, 6) is 0. The molecule has 0 bridgehead atoms. The first kappa shape index (κ1) is 12.0. The van der Waals surface area contributed by atoms with Crippen molar-refractivity contribution in [1.29, 1.82) is 0 Å². The Morgan fingerprint density at radius 3 is 2.12 bits per heavy atom. The van der Waals surface area contributed by atoms with Crippen LogP contribution in [0.5, 0.6) is 0 Å². The molecule has 88 valence electrons. The lowest BCUT2D eigenvalue weighted by Gasteiger charge is -2.08. The highest BCUT2D eigenvalue weighted by atomic mass is 31.2. The second-order valence-electron chi connectivity index (χ2n) is 4.40. The van der Waals surface area contributed by atoms with Crippen LogP contribution in [0.2, 0.25) is 0 Å². The maximum absolute atomic E-state index is 12.0. The summed E-state index contributed by atoms with van der Waals surface area (Å²) in [4.78, 5) is 8.84. The Hall–Kier alpha value is -1.47. The van der Waals surface area contributed by atoms with E-state index in [9.17, 15) is 4.57 Å². The molecule has 0 N–H and O–H groups in total. The second-order valence-corrected chi connectivity index (χ2v) is 7.56. The highest BCUT2D eigenvalue weighted by molar-refractivity contribution is 7.69. The summed E-state index contributed by atoms with van der Waals surface area (Å²) in [6, 6.07) is 11.4. The number of pyridine rings is 2. The molecule has 0 unspecified atom stereocenters. The summed E-state index contributed by atoms with van der Waals surface area (Å²) < 4.78 is 12.0. The molecule has 0 atom stereocenters. The molecule has 2 rings (SSSR count). The Kier molecular flexibility index (Phi) is 3.12. The summed E-state index contributed by atoms with van der Waals surface area (Å²) in [7, 11) is -2.32. The third kappa shape index (κ3) is 2.80. The van der Waals surface area contributed by atoms with E-state index >= 15 is 0 Å². The number of rotatable bonds is 2. The third-order valence-electron chi connectivity index (χ3n) is 2.44. The van der Waals surface area contributed by atoms with Crippen molar-refractivity contribution < 1.29 is 4.57 Å². The molecule has 0 spiro atoms. The van der Waals surface area contributed by atoms with Crippen molar-refractivity contribution in [3.05, 3.63) is 42.1 Å². The van der Waals surface area contributed by atoms with Gasteiger partial charge in [0, 0.05) is 5.69 Å². The van der Waals surface area contributed by atoms with Gasteiger partial charge in [0.1, 0.15) is 12.6 Å². The summed E-state index contributed by atoms with van der Waals surface area (Å²) in [5, 5.41) is 0. The topological polar surface area (TPSA) is 42.9 Å². The van der Waals surface area contributed by atoms with E-state index in [0.29, 0.717) is 5.44 Å².